The van der Waals surface area contributed by atoms with E-state index in [2.05, 4.69) is 20.5 Å². The molecule has 0 amide bonds. The van der Waals surface area contributed by atoms with Crippen molar-refractivity contribution in [2.45, 2.75) is 19.7 Å². The lowest BCUT2D eigenvalue weighted by Crippen LogP contribution is -2.09. The average molecular weight is 423 g/mol. The van der Waals surface area contributed by atoms with E-state index in [1.807, 2.05) is 27.1 Å². The summed E-state index contributed by atoms with van der Waals surface area (Å²) >= 11 is 0. The Morgan fingerprint density at radius 3 is 2.43 bits per heavy atom. The van der Waals surface area contributed by atoms with Crippen LogP contribution in [0.2, 0.25) is 0 Å². The van der Waals surface area contributed by atoms with Gasteiger partial charge in [0.15, 0.2) is 6.29 Å². The lowest BCUT2D eigenvalue weighted by Gasteiger charge is -2.10. The van der Waals surface area contributed by atoms with Gasteiger partial charge in [-0.1, -0.05) is 40.6 Å². The first kappa shape index (κ1) is 24.8. The van der Waals surface area contributed by atoms with Gasteiger partial charge in [0.05, 0.1) is 11.8 Å². The molecule has 0 heterocycles. The molecule has 0 aliphatic heterocycles. The predicted molar refractivity (Wildman–Crippen MR) is 110 cm³/mol. The van der Waals surface area contributed by atoms with Gasteiger partial charge in [-0.2, -0.15) is 13.2 Å². The van der Waals surface area contributed by atoms with Crippen LogP contribution >= 0.6 is 0 Å². The van der Waals surface area contributed by atoms with Crippen molar-refractivity contribution in [1.29, 1.82) is 0 Å². The molecule has 9 heteroatoms. The molecule has 0 saturated carbocycles. The van der Waals surface area contributed by atoms with Crippen molar-refractivity contribution in [3.8, 4) is 0 Å². The van der Waals surface area contributed by atoms with Crippen LogP contribution in [0.1, 0.15) is 27.8 Å². The average Bonchev–Trinajstić information content (AvgIpc) is 2.70. The molecule has 0 bridgehead atoms. The second-order valence-corrected chi connectivity index (χ2v) is 6.01. The van der Waals surface area contributed by atoms with Crippen molar-refractivity contribution in [2.75, 3.05) is 21.2 Å². The summed E-state index contributed by atoms with van der Waals surface area (Å²) < 4.78 is 38.1. The van der Waals surface area contributed by atoms with Crippen molar-refractivity contribution >= 4 is 18.2 Å². The standard InChI is InChI=1S/C19H17F3N2O3.C2H7N/c1-13-5-3-8-16(18(11-25)24-26-2)17(13)12-27-23-10-14-6-4-7-15(9-14)19(20,21)22;1-3-2/h3-11H,12H2,1-2H3;3H,1-2H3/b23-10+,24-18-;. The van der Waals surface area contributed by atoms with E-state index in [4.69, 9.17) is 4.84 Å². The Morgan fingerprint density at radius 1 is 1.17 bits per heavy atom. The highest BCUT2D eigenvalue weighted by Gasteiger charge is 2.30. The van der Waals surface area contributed by atoms with Crippen LogP contribution in [-0.4, -0.2) is 39.4 Å². The predicted octanol–water partition coefficient (Wildman–Crippen LogP) is 3.95. The fourth-order valence-corrected chi connectivity index (χ4v) is 2.36. The molecule has 0 unspecified atom stereocenters. The maximum absolute atomic E-state index is 12.7. The minimum atomic E-state index is -4.42. The molecule has 1 N–H and O–H groups in total. The Bertz CT molecular complexity index is 881. The quantitative estimate of drug-likeness (QED) is 0.416. The van der Waals surface area contributed by atoms with Crippen molar-refractivity contribution < 1.29 is 27.6 Å². The zero-order chi connectivity index (χ0) is 22.6. The number of nitrogens with one attached hydrogen (secondary N) is 1. The molecule has 0 aliphatic carbocycles. The summed E-state index contributed by atoms with van der Waals surface area (Å²) in [5.74, 6) is 0. The first-order chi connectivity index (χ1) is 14.3. The van der Waals surface area contributed by atoms with E-state index < -0.39 is 11.7 Å². The van der Waals surface area contributed by atoms with E-state index in [9.17, 15) is 18.0 Å². The molecule has 30 heavy (non-hydrogen) atoms. The van der Waals surface area contributed by atoms with Crippen molar-refractivity contribution in [3.05, 3.63) is 70.3 Å². The molecule has 162 valence electrons. The molecular formula is C21H24F3N3O3. The smallest absolute Gasteiger partial charge is 0.399 e. The number of oxime groups is 2. The Kier molecular flexibility index (Phi) is 10.3. The van der Waals surface area contributed by atoms with E-state index in [0.29, 0.717) is 17.4 Å². The van der Waals surface area contributed by atoms with Gasteiger partial charge < -0.3 is 15.0 Å². The van der Waals surface area contributed by atoms with Crippen LogP contribution in [0.25, 0.3) is 0 Å². The van der Waals surface area contributed by atoms with Gasteiger partial charge in [0.1, 0.15) is 19.4 Å². The maximum atomic E-state index is 12.7. The lowest BCUT2D eigenvalue weighted by molar-refractivity contribution is -0.137. The number of nitrogens with zero attached hydrogens (tertiary/aromatic N) is 2. The van der Waals surface area contributed by atoms with E-state index in [-0.39, 0.29) is 17.9 Å². The van der Waals surface area contributed by atoms with E-state index in [1.165, 1.54) is 25.5 Å². The van der Waals surface area contributed by atoms with Crippen LogP contribution in [0.4, 0.5) is 13.2 Å². The molecule has 6 nitrogen and oxygen atoms in total. The summed E-state index contributed by atoms with van der Waals surface area (Å²) in [6, 6.07) is 10.0. The number of aryl methyl sites for hydroxylation is 1. The second kappa shape index (κ2) is 12.4. The summed E-state index contributed by atoms with van der Waals surface area (Å²) in [4.78, 5) is 21.1. The highest BCUT2D eigenvalue weighted by Crippen LogP contribution is 2.29. The number of alkyl halides is 3. The van der Waals surface area contributed by atoms with Crippen LogP contribution in [0.5, 0.6) is 0 Å². The maximum Gasteiger partial charge on any atom is 0.416 e. The van der Waals surface area contributed by atoms with Crippen molar-refractivity contribution in [2.24, 2.45) is 10.3 Å². The van der Waals surface area contributed by atoms with Crippen LogP contribution in [-0.2, 0) is 27.3 Å². The fraction of sp³-hybridized carbons (Fsp3) is 0.286. The molecule has 2 aromatic rings. The number of benzene rings is 2. The van der Waals surface area contributed by atoms with E-state index in [0.717, 1.165) is 17.7 Å². The summed E-state index contributed by atoms with van der Waals surface area (Å²) in [5, 5.41) is 10.1. The van der Waals surface area contributed by atoms with Gasteiger partial charge in [-0.25, -0.2) is 0 Å². The Hall–Kier alpha value is -3.20. The van der Waals surface area contributed by atoms with E-state index in [1.54, 1.807) is 12.1 Å². The molecule has 0 saturated heterocycles. The molecule has 0 radical (unpaired) electrons. The third-order valence-corrected chi connectivity index (χ3v) is 3.69. The van der Waals surface area contributed by atoms with Crippen molar-refractivity contribution in [3.63, 3.8) is 0 Å². The highest BCUT2D eigenvalue weighted by molar-refractivity contribution is 6.36. The molecule has 0 spiro atoms. The van der Waals surface area contributed by atoms with Gasteiger partial charge in [0, 0.05) is 11.1 Å². The third kappa shape index (κ3) is 7.67. The van der Waals surface area contributed by atoms with Gasteiger partial charge in [0.2, 0.25) is 0 Å². The SMILES string of the molecule is CNC.CO/N=C(/C=O)c1cccc(C)c1CO/N=C/c1cccc(C(F)(F)F)c1. The Labute approximate surface area is 173 Å². The summed E-state index contributed by atoms with van der Waals surface area (Å²) in [6.07, 6.45) is -2.67. The number of carbonyl (C=O) groups excluding carboxylic acids is 1. The first-order valence-electron chi connectivity index (χ1n) is 8.84. The van der Waals surface area contributed by atoms with Crippen LogP contribution in [0, 0.1) is 6.92 Å². The number of aldehydes is 1. The molecule has 2 aromatic carbocycles. The van der Waals surface area contributed by atoms with Crippen LogP contribution in [0.3, 0.4) is 0 Å². The van der Waals surface area contributed by atoms with E-state index >= 15 is 0 Å². The van der Waals surface area contributed by atoms with Gasteiger partial charge in [-0.3, -0.25) is 4.79 Å². The molecule has 0 aromatic heterocycles. The summed E-state index contributed by atoms with van der Waals surface area (Å²) in [6.45, 7) is 1.84. The number of halogens is 3. The molecular weight excluding hydrogens is 399 g/mol. The molecule has 0 aliphatic rings. The minimum Gasteiger partial charge on any atom is -0.399 e. The molecule has 2 rings (SSSR count). The molecule has 0 fully saturated rings. The van der Waals surface area contributed by atoms with Crippen molar-refractivity contribution in [1.82, 2.24) is 5.32 Å². The van der Waals surface area contributed by atoms with Crippen LogP contribution in [0.15, 0.2) is 52.8 Å². The van der Waals surface area contributed by atoms with Gasteiger partial charge >= 0.3 is 6.18 Å². The fourth-order valence-electron chi connectivity index (χ4n) is 2.36. The third-order valence-electron chi connectivity index (χ3n) is 3.69. The Morgan fingerprint density at radius 2 is 1.83 bits per heavy atom. The summed E-state index contributed by atoms with van der Waals surface area (Å²) in [5.41, 5.74) is 1.63. The monoisotopic (exact) mass is 423 g/mol. The topological polar surface area (TPSA) is 72.3 Å². The summed E-state index contributed by atoms with van der Waals surface area (Å²) in [7, 11) is 5.08. The highest BCUT2D eigenvalue weighted by atomic mass is 19.4. The number of hydrogen-bond donors (Lipinski definition) is 1. The van der Waals surface area contributed by atoms with Gasteiger partial charge in [0.25, 0.3) is 0 Å². The zero-order valence-corrected chi connectivity index (χ0v) is 17.2. The normalized spacial score (nSPS) is 11.6. The first-order valence-corrected chi connectivity index (χ1v) is 8.84. The lowest BCUT2D eigenvalue weighted by atomic mass is 9.99. The number of carbonyl (C=O) groups is 1. The minimum absolute atomic E-state index is 0.00798. The number of rotatable bonds is 7. The number of hydrogen-bond acceptors (Lipinski definition) is 6. The van der Waals surface area contributed by atoms with Gasteiger partial charge in [-0.15, -0.1) is 0 Å². The largest absolute Gasteiger partial charge is 0.416 e. The second-order valence-electron chi connectivity index (χ2n) is 6.01. The molecule has 0 atom stereocenters. The zero-order valence-electron chi connectivity index (χ0n) is 17.2. The van der Waals surface area contributed by atoms with Crippen LogP contribution < -0.4 is 5.32 Å². The Balaban J connectivity index is 0.00000141. The van der Waals surface area contributed by atoms with Gasteiger partial charge in [-0.05, 0) is 44.3 Å².